The van der Waals surface area contributed by atoms with Gasteiger partial charge in [0.1, 0.15) is 0 Å². The molecule has 0 spiro atoms. The molecular formula is C31H37P. The van der Waals surface area contributed by atoms with E-state index < -0.39 is 0 Å². The van der Waals surface area contributed by atoms with Crippen LogP contribution < -0.4 is 5.30 Å². The molecule has 3 aromatic rings. The highest BCUT2D eigenvalue weighted by Crippen LogP contribution is 2.41. The molecule has 0 saturated heterocycles. The predicted molar refractivity (Wildman–Crippen MR) is 144 cm³/mol. The van der Waals surface area contributed by atoms with Gasteiger partial charge in [-0.15, -0.1) is 0 Å². The first kappa shape index (κ1) is 23.0. The van der Waals surface area contributed by atoms with Crippen LogP contribution in [0.25, 0.3) is 11.1 Å². The van der Waals surface area contributed by atoms with E-state index in [1.807, 2.05) is 0 Å². The zero-order valence-corrected chi connectivity index (χ0v) is 22.1. The van der Waals surface area contributed by atoms with Crippen molar-refractivity contribution in [1.82, 2.24) is 0 Å². The molecule has 3 aromatic carbocycles. The van der Waals surface area contributed by atoms with Gasteiger partial charge in [0.25, 0.3) is 0 Å². The van der Waals surface area contributed by atoms with E-state index in [9.17, 15) is 0 Å². The number of fused-ring (bicyclic) bond motifs is 3. The third kappa shape index (κ3) is 4.11. The van der Waals surface area contributed by atoms with Gasteiger partial charge in [-0.05, 0) is 55.2 Å². The van der Waals surface area contributed by atoms with Crippen LogP contribution in [0.15, 0.2) is 60.7 Å². The summed E-state index contributed by atoms with van der Waals surface area (Å²) in [5.41, 5.74) is 10.2. The van der Waals surface area contributed by atoms with Crippen LogP contribution in [0.5, 0.6) is 0 Å². The molecule has 0 heterocycles. The lowest BCUT2D eigenvalue weighted by atomic mass is 9.75. The molecule has 32 heavy (non-hydrogen) atoms. The number of benzene rings is 3. The van der Waals surface area contributed by atoms with Gasteiger partial charge in [0, 0.05) is 10.6 Å². The first-order chi connectivity index (χ1) is 14.8. The van der Waals surface area contributed by atoms with Crippen molar-refractivity contribution in [2.24, 2.45) is 0 Å². The SMILES string of the molecule is CC(C)(C)c1cc(C(C)(C)C)c(P=C2c3ccccc3-c3ccccc32)c(C(C)(C)C)c1. The van der Waals surface area contributed by atoms with Crippen LogP contribution in [0.2, 0.25) is 0 Å². The Morgan fingerprint density at radius 2 is 0.875 bits per heavy atom. The van der Waals surface area contributed by atoms with Gasteiger partial charge in [0.05, 0.1) is 0 Å². The number of hydrogen-bond donors (Lipinski definition) is 0. The Morgan fingerprint density at radius 1 is 0.500 bits per heavy atom. The molecule has 0 aliphatic heterocycles. The summed E-state index contributed by atoms with van der Waals surface area (Å²) in [4.78, 5) is 0. The fourth-order valence-electron chi connectivity index (χ4n) is 4.56. The second-order valence-electron chi connectivity index (χ2n) is 12.2. The van der Waals surface area contributed by atoms with Crippen molar-refractivity contribution in [3.63, 3.8) is 0 Å². The van der Waals surface area contributed by atoms with E-state index in [2.05, 4.69) is 123 Å². The monoisotopic (exact) mass is 440 g/mol. The maximum absolute atomic E-state index is 2.49. The highest BCUT2D eigenvalue weighted by atomic mass is 31.1. The minimum Gasteiger partial charge on any atom is -0.0616 e. The van der Waals surface area contributed by atoms with E-state index in [0.717, 1.165) is 0 Å². The number of rotatable bonds is 1. The summed E-state index contributed by atoms with van der Waals surface area (Å²) in [6, 6.07) is 22.8. The zero-order chi connectivity index (χ0) is 23.5. The van der Waals surface area contributed by atoms with Gasteiger partial charge in [-0.25, -0.2) is 0 Å². The standard InChI is InChI=1S/C31H37P/c1-29(2,3)20-18-25(30(4,5)6)28(26(19-20)31(7,8)9)32-27-23-16-12-10-14-21(23)22-15-11-13-17-24(22)27/h10-19H,1-9H3. The third-order valence-electron chi connectivity index (χ3n) is 6.47. The maximum atomic E-state index is 2.49. The van der Waals surface area contributed by atoms with Crippen LogP contribution in [-0.2, 0) is 16.2 Å². The molecule has 0 amide bonds. The minimum absolute atomic E-state index is 0.0712. The third-order valence-corrected chi connectivity index (χ3v) is 7.88. The van der Waals surface area contributed by atoms with E-state index in [1.54, 1.807) is 0 Å². The van der Waals surface area contributed by atoms with Gasteiger partial charge in [-0.2, -0.15) is 0 Å². The van der Waals surface area contributed by atoms with Crippen LogP contribution in [0.3, 0.4) is 0 Å². The molecule has 0 N–H and O–H groups in total. The van der Waals surface area contributed by atoms with Gasteiger partial charge >= 0.3 is 0 Å². The Morgan fingerprint density at radius 3 is 1.22 bits per heavy atom. The van der Waals surface area contributed by atoms with E-state index in [-0.39, 0.29) is 16.2 Å². The fourth-order valence-corrected chi connectivity index (χ4v) is 6.45. The molecule has 1 aliphatic carbocycles. The van der Waals surface area contributed by atoms with Crippen molar-refractivity contribution < 1.29 is 0 Å². The van der Waals surface area contributed by atoms with Crippen molar-refractivity contribution in [2.75, 3.05) is 0 Å². The van der Waals surface area contributed by atoms with Crippen molar-refractivity contribution in [3.8, 4) is 11.1 Å². The molecule has 0 nitrogen and oxygen atoms in total. The van der Waals surface area contributed by atoms with Crippen LogP contribution in [0.1, 0.15) is 90.1 Å². The highest BCUT2D eigenvalue weighted by Gasteiger charge is 2.30. The lowest BCUT2D eigenvalue weighted by molar-refractivity contribution is 0.554. The maximum Gasteiger partial charge on any atom is 0.0181 e. The molecule has 0 radical (unpaired) electrons. The first-order valence-electron chi connectivity index (χ1n) is 11.8. The fraction of sp³-hybridized carbons (Fsp3) is 0.387. The molecular weight excluding hydrogens is 403 g/mol. The lowest BCUT2D eigenvalue weighted by Crippen LogP contribution is -2.30. The van der Waals surface area contributed by atoms with E-state index in [1.165, 1.54) is 57.7 Å². The van der Waals surface area contributed by atoms with Gasteiger partial charge in [-0.1, -0.05) is 131 Å². The van der Waals surface area contributed by atoms with E-state index in [0.29, 0.717) is 0 Å². The Hall–Kier alpha value is -2.17. The van der Waals surface area contributed by atoms with Gasteiger partial charge in [-0.3, -0.25) is 0 Å². The first-order valence-corrected chi connectivity index (χ1v) is 12.7. The minimum atomic E-state index is 0.0712. The summed E-state index contributed by atoms with van der Waals surface area (Å²) in [7, 11) is 1.31. The summed E-state index contributed by atoms with van der Waals surface area (Å²) in [6.45, 7) is 21.2. The highest BCUT2D eigenvalue weighted by molar-refractivity contribution is 7.50. The summed E-state index contributed by atoms with van der Waals surface area (Å²) < 4.78 is 0. The molecule has 0 fully saturated rings. The zero-order valence-electron chi connectivity index (χ0n) is 21.2. The van der Waals surface area contributed by atoms with Crippen LogP contribution in [0, 0.1) is 0 Å². The topological polar surface area (TPSA) is 0 Å². The molecule has 0 saturated carbocycles. The van der Waals surface area contributed by atoms with Crippen LogP contribution in [-0.4, -0.2) is 5.29 Å². The van der Waals surface area contributed by atoms with Gasteiger partial charge in [0.2, 0.25) is 0 Å². The van der Waals surface area contributed by atoms with Gasteiger partial charge < -0.3 is 0 Å². The Labute approximate surface area is 196 Å². The Balaban J connectivity index is 2.10. The normalized spacial score (nSPS) is 14.0. The average Bonchev–Trinajstić information content (AvgIpc) is 3.00. The van der Waals surface area contributed by atoms with Gasteiger partial charge in [0.15, 0.2) is 0 Å². The molecule has 0 bridgehead atoms. The second-order valence-corrected chi connectivity index (χ2v) is 13.3. The summed E-state index contributed by atoms with van der Waals surface area (Å²) in [5, 5.41) is 2.93. The van der Waals surface area contributed by atoms with E-state index >= 15 is 0 Å². The smallest absolute Gasteiger partial charge is 0.0181 e. The summed E-state index contributed by atoms with van der Waals surface area (Å²) in [6.07, 6.45) is 0. The molecule has 1 heteroatoms. The molecule has 0 aromatic heterocycles. The largest absolute Gasteiger partial charge is 0.0616 e. The molecule has 0 atom stereocenters. The molecule has 166 valence electrons. The lowest BCUT2D eigenvalue weighted by Gasteiger charge is -2.32. The van der Waals surface area contributed by atoms with Crippen molar-refractivity contribution >= 4 is 18.8 Å². The molecule has 1 aliphatic rings. The quantitative estimate of drug-likeness (QED) is 0.261. The molecule has 0 unspecified atom stereocenters. The summed E-state index contributed by atoms with van der Waals surface area (Å²) >= 11 is 0. The Bertz CT molecular complexity index is 1120. The molecule has 4 rings (SSSR count). The number of hydrogen-bond acceptors (Lipinski definition) is 0. The van der Waals surface area contributed by atoms with Crippen molar-refractivity contribution in [3.05, 3.63) is 88.5 Å². The van der Waals surface area contributed by atoms with Crippen LogP contribution in [0.4, 0.5) is 0 Å². The second kappa shape index (κ2) is 7.71. The van der Waals surface area contributed by atoms with Crippen LogP contribution >= 0.6 is 8.20 Å². The predicted octanol–water partition coefficient (Wildman–Crippen LogP) is 8.40. The average molecular weight is 441 g/mol. The van der Waals surface area contributed by atoms with E-state index in [4.69, 9.17) is 0 Å². The van der Waals surface area contributed by atoms with Crippen molar-refractivity contribution in [1.29, 1.82) is 0 Å². The van der Waals surface area contributed by atoms with Crippen molar-refractivity contribution in [2.45, 2.75) is 78.6 Å². The Kier molecular flexibility index (Phi) is 5.54. The summed E-state index contributed by atoms with van der Waals surface area (Å²) in [5.74, 6) is 0.